The summed E-state index contributed by atoms with van der Waals surface area (Å²) < 4.78 is 1.98. The van der Waals surface area contributed by atoms with Crippen LogP contribution in [0.4, 0.5) is 0 Å². The molecule has 0 aromatic carbocycles. The summed E-state index contributed by atoms with van der Waals surface area (Å²) in [6, 6.07) is 0. The van der Waals surface area contributed by atoms with Crippen molar-refractivity contribution < 1.29 is 0 Å². The summed E-state index contributed by atoms with van der Waals surface area (Å²) in [7, 11) is 3.95. The Hall–Kier alpha value is -1.25. The largest absolute Gasteiger partial charge is 0.305 e. The summed E-state index contributed by atoms with van der Waals surface area (Å²) in [5.74, 6) is 0. The van der Waals surface area contributed by atoms with Crippen LogP contribution in [0, 0.1) is 0 Å². The van der Waals surface area contributed by atoms with Crippen LogP contribution in [0.3, 0.4) is 0 Å². The quantitative estimate of drug-likeness (QED) is 0.374. The number of rotatable bonds is 0. The Bertz CT molecular complexity index is 396. The molecule has 0 saturated heterocycles. The average Bonchev–Trinajstić information content (AvgIpc) is 2.34. The van der Waals surface area contributed by atoms with E-state index in [1.54, 1.807) is 6.20 Å². The Morgan fingerprint density at radius 2 is 2.18 bits per heavy atom. The van der Waals surface area contributed by atoms with Crippen LogP contribution in [0.1, 0.15) is 0 Å². The molecule has 2 rings (SSSR count). The van der Waals surface area contributed by atoms with Gasteiger partial charge in [-0.25, -0.2) is 4.98 Å². The second kappa shape index (κ2) is 2.12. The van der Waals surface area contributed by atoms with E-state index in [-0.39, 0.29) is 0 Å². The first-order valence-electron chi connectivity index (χ1n) is 3.54. The fourth-order valence-corrected chi connectivity index (χ4v) is 1.24. The van der Waals surface area contributed by atoms with Gasteiger partial charge in [0.2, 0.25) is 0 Å². The van der Waals surface area contributed by atoms with Crippen molar-refractivity contribution in [2.75, 3.05) is 0 Å². The third-order valence-electron chi connectivity index (χ3n) is 1.66. The van der Waals surface area contributed by atoms with Crippen LogP contribution in [0.15, 0.2) is 18.6 Å². The normalized spacial score (nSPS) is 10.5. The van der Waals surface area contributed by atoms with Gasteiger partial charge in [0.25, 0.3) is 0 Å². The van der Waals surface area contributed by atoms with E-state index in [2.05, 4.69) is 9.97 Å². The molecule has 3 nitrogen and oxygen atoms in total. The lowest BCUT2D eigenvalue weighted by atomic mass is 10.0. The van der Waals surface area contributed by atoms with E-state index < -0.39 is 0 Å². The van der Waals surface area contributed by atoms with E-state index >= 15 is 0 Å². The van der Waals surface area contributed by atoms with Crippen molar-refractivity contribution in [3.8, 4) is 0 Å². The van der Waals surface area contributed by atoms with Crippen LogP contribution in [0.5, 0.6) is 0 Å². The number of hydrogen-bond acceptors (Lipinski definition) is 2. The number of imidazole rings is 1. The van der Waals surface area contributed by atoms with Gasteiger partial charge in [-0.3, -0.25) is 4.98 Å². The molecule has 2 aromatic heterocycles. The first-order valence-corrected chi connectivity index (χ1v) is 3.54. The third-order valence-corrected chi connectivity index (χ3v) is 1.66. The minimum Gasteiger partial charge on any atom is -0.305 e. The lowest BCUT2D eigenvalue weighted by Crippen LogP contribution is -2.23. The highest BCUT2D eigenvalue weighted by molar-refractivity contribution is 6.37. The summed E-state index contributed by atoms with van der Waals surface area (Å²) in [5, 5.41) is 0. The predicted octanol–water partition coefficient (Wildman–Crippen LogP) is -2.75. The molecule has 0 spiro atoms. The van der Waals surface area contributed by atoms with Gasteiger partial charge in [-0.1, -0.05) is 0 Å². The van der Waals surface area contributed by atoms with Crippen LogP contribution in [-0.4, -0.2) is 30.1 Å². The Morgan fingerprint density at radius 1 is 1.36 bits per heavy atom. The molecule has 0 aliphatic rings. The Labute approximate surface area is 66.3 Å². The summed E-state index contributed by atoms with van der Waals surface area (Å²) in [5.41, 5.74) is 2.94. The van der Waals surface area contributed by atoms with Crippen molar-refractivity contribution in [3.63, 3.8) is 0 Å². The summed E-state index contributed by atoms with van der Waals surface area (Å²) in [6.45, 7) is 0. The molecule has 0 N–H and O–H groups in total. The van der Waals surface area contributed by atoms with Gasteiger partial charge >= 0.3 is 0 Å². The van der Waals surface area contributed by atoms with Crippen LogP contribution >= 0.6 is 0 Å². The Morgan fingerprint density at radius 3 is 3.00 bits per heavy atom. The molecule has 0 aliphatic heterocycles. The highest BCUT2D eigenvalue weighted by Gasteiger charge is 1.98. The molecular formula is C6H7B2N3. The predicted molar refractivity (Wildman–Crippen MR) is 49.3 cm³/mol. The summed E-state index contributed by atoms with van der Waals surface area (Å²) in [6.07, 6.45) is 5.68. The molecular weight excluding hydrogens is 136 g/mol. The van der Waals surface area contributed by atoms with Gasteiger partial charge in [-0.05, 0) is 0 Å². The van der Waals surface area contributed by atoms with Crippen molar-refractivity contribution in [2.45, 2.75) is 0 Å². The molecule has 0 aliphatic carbocycles. The molecule has 52 valence electrons. The highest BCUT2D eigenvalue weighted by atomic mass is 15.0. The molecule has 0 bridgehead atoms. The van der Waals surface area contributed by atoms with Crippen molar-refractivity contribution >= 4 is 32.5 Å². The van der Waals surface area contributed by atoms with Gasteiger partial charge in [0.15, 0.2) is 15.7 Å². The van der Waals surface area contributed by atoms with Crippen molar-refractivity contribution in [1.29, 1.82) is 0 Å². The van der Waals surface area contributed by atoms with Gasteiger partial charge in [0.05, 0.1) is 0 Å². The lowest BCUT2D eigenvalue weighted by Gasteiger charge is -1.98. The molecule has 2 aromatic rings. The lowest BCUT2D eigenvalue weighted by molar-refractivity contribution is 1.17. The molecule has 5 heteroatoms. The second-order valence-electron chi connectivity index (χ2n) is 2.63. The minimum atomic E-state index is 0.940. The molecule has 0 unspecified atom stereocenters. The van der Waals surface area contributed by atoms with E-state index in [9.17, 15) is 0 Å². The van der Waals surface area contributed by atoms with E-state index in [0.717, 1.165) is 16.8 Å². The minimum absolute atomic E-state index is 0.940. The maximum absolute atomic E-state index is 4.29. The first-order chi connectivity index (χ1) is 5.27. The summed E-state index contributed by atoms with van der Waals surface area (Å²) >= 11 is 0. The van der Waals surface area contributed by atoms with Gasteiger partial charge in [-0.15, -0.1) is 0 Å². The van der Waals surface area contributed by atoms with Crippen molar-refractivity contribution in [1.82, 2.24) is 14.4 Å². The van der Waals surface area contributed by atoms with Crippen LogP contribution < -0.4 is 11.2 Å². The van der Waals surface area contributed by atoms with Gasteiger partial charge in [-0.2, -0.15) is 0 Å². The molecule has 0 fully saturated rings. The zero-order valence-electron chi connectivity index (χ0n) is 6.57. The van der Waals surface area contributed by atoms with Crippen molar-refractivity contribution in [3.05, 3.63) is 18.6 Å². The average molecular weight is 143 g/mol. The SMILES string of the molecule is Bc1cn2ccnc2c(B)n1. The molecule has 0 saturated carbocycles. The standard InChI is InChI=1S/C6H7B2N3/c7-4-3-11-2-1-9-6(11)5(8)10-4/h1-3H,7-8H2. The number of hydrogen-bond donors (Lipinski definition) is 0. The van der Waals surface area contributed by atoms with E-state index in [1.165, 1.54) is 0 Å². The molecule has 0 amide bonds. The summed E-state index contributed by atoms with van der Waals surface area (Å²) in [4.78, 5) is 8.45. The number of fused-ring (bicyclic) bond motifs is 1. The smallest absolute Gasteiger partial charge is 0.168 e. The zero-order valence-corrected chi connectivity index (χ0v) is 6.57. The molecule has 2 heterocycles. The Kier molecular flexibility index (Phi) is 1.24. The second-order valence-corrected chi connectivity index (χ2v) is 2.63. The van der Waals surface area contributed by atoms with Crippen molar-refractivity contribution in [2.24, 2.45) is 0 Å². The number of aromatic nitrogens is 3. The van der Waals surface area contributed by atoms with E-state index in [1.807, 2.05) is 32.5 Å². The fourth-order valence-electron chi connectivity index (χ4n) is 1.24. The maximum atomic E-state index is 4.29. The van der Waals surface area contributed by atoms with Crippen LogP contribution in [0.2, 0.25) is 0 Å². The topological polar surface area (TPSA) is 30.2 Å². The molecule has 11 heavy (non-hydrogen) atoms. The van der Waals surface area contributed by atoms with Gasteiger partial charge in [0.1, 0.15) is 5.65 Å². The monoisotopic (exact) mass is 143 g/mol. The first kappa shape index (κ1) is 6.46. The van der Waals surface area contributed by atoms with Crippen LogP contribution in [-0.2, 0) is 0 Å². The van der Waals surface area contributed by atoms with Crippen LogP contribution in [0.25, 0.3) is 5.65 Å². The Balaban J connectivity index is 2.91. The van der Waals surface area contributed by atoms with Gasteiger partial charge in [0, 0.05) is 29.8 Å². The molecule has 0 atom stereocenters. The third kappa shape index (κ3) is 0.926. The maximum Gasteiger partial charge on any atom is 0.168 e. The number of nitrogens with zero attached hydrogens (tertiary/aromatic N) is 3. The van der Waals surface area contributed by atoms with Gasteiger partial charge < -0.3 is 4.40 Å². The fraction of sp³-hybridized carbons (Fsp3) is 0. The van der Waals surface area contributed by atoms with E-state index in [0.29, 0.717) is 0 Å². The zero-order chi connectivity index (χ0) is 7.84. The highest BCUT2D eigenvalue weighted by Crippen LogP contribution is 1.90. The van der Waals surface area contributed by atoms with E-state index in [4.69, 9.17) is 0 Å². The molecule has 0 radical (unpaired) electrons.